The summed E-state index contributed by atoms with van der Waals surface area (Å²) in [5.41, 5.74) is 5.39. The Morgan fingerprint density at radius 3 is 2.40 bits per heavy atom. The second-order valence-electron chi connectivity index (χ2n) is 20.9. The number of carbonyl (C=O) groups excluding carboxylic acids is 5. The highest BCUT2D eigenvalue weighted by Gasteiger charge is 2.32. The highest BCUT2D eigenvalue weighted by molar-refractivity contribution is 7.10. The maximum atomic E-state index is 13.8. The zero-order chi connectivity index (χ0) is 52.1. The first-order valence-corrected chi connectivity index (χ1v) is 26.8. The van der Waals surface area contributed by atoms with Crippen molar-refractivity contribution >= 4 is 75.2 Å². The van der Waals surface area contributed by atoms with Crippen molar-refractivity contribution in [2.45, 2.75) is 117 Å². The highest BCUT2D eigenvalue weighted by atomic mass is 35.5. The van der Waals surface area contributed by atoms with Gasteiger partial charge in [-0.25, -0.2) is 19.6 Å². The van der Waals surface area contributed by atoms with Gasteiger partial charge < -0.3 is 29.5 Å². The third-order valence-electron chi connectivity index (χ3n) is 14.4. The second-order valence-corrected chi connectivity index (χ2v) is 22.3. The smallest absolute Gasteiger partial charge is 0.410 e. The number of carbonyl (C=O) groups is 5. The van der Waals surface area contributed by atoms with Gasteiger partial charge in [0.25, 0.3) is 5.91 Å². The van der Waals surface area contributed by atoms with Gasteiger partial charge in [0, 0.05) is 81.1 Å². The summed E-state index contributed by atoms with van der Waals surface area (Å²) in [6.45, 7) is 12.2. The largest absolute Gasteiger partial charge is 0.496 e. The van der Waals surface area contributed by atoms with Crippen LogP contribution in [0.4, 0.5) is 21.1 Å². The lowest BCUT2D eigenvalue weighted by Gasteiger charge is -2.33. The van der Waals surface area contributed by atoms with Gasteiger partial charge in [-0.1, -0.05) is 35.9 Å². The lowest BCUT2D eigenvalue weighted by molar-refractivity contribution is -0.135. The van der Waals surface area contributed by atoms with Gasteiger partial charge in [-0.05, 0) is 156 Å². The molecule has 1 saturated carbocycles. The third-order valence-corrected chi connectivity index (χ3v) is 15.9. The Balaban J connectivity index is 0.833. The van der Waals surface area contributed by atoms with Crippen molar-refractivity contribution in [1.29, 1.82) is 0 Å². The van der Waals surface area contributed by atoms with Crippen LogP contribution in [0.1, 0.15) is 130 Å². The first kappa shape index (κ1) is 53.0. The standard InChI is InChI=1S/C56H69ClN8O7S/c1-34(49-29-41(33-73-49)42-14-10-9-13-40(42)32-63(7)55(70)72-56(3,4)5)58-51-44-30-43(48(71-8)31-46(44)59-35(2)60-51)37-15-17-38(18-16-37)52(67)62(6)24-11-12-36-21-25-64(26-22-36)53(68)39-19-20-45(57)47(28-39)65-27-23-50(66)61-54(65)69/h9-10,13-14,19-20,28-31,33-34,36-38H,11-12,15-18,21-27,32H2,1-8H3,(H,58,59,60)(H,61,66,69)/t34-,37?,38?/m1/s1. The molecule has 0 spiro atoms. The molecule has 3 aliphatic rings. The van der Waals surface area contributed by atoms with Crippen molar-refractivity contribution < 1.29 is 33.4 Å². The molecule has 0 unspecified atom stereocenters. The number of likely N-dealkylation sites (tertiary alicyclic amines) is 1. The number of urea groups is 1. The average molecular weight is 1030 g/mol. The fourth-order valence-corrected chi connectivity index (χ4v) is 11.6. The lowest BCUT2D eigenvalue weighted by atomic mass is 9.77. The fraction of sp³-hybridized carbons (Fsp3) is 0.482. The Bertz CT molecular complexity index is 2850. The number of hydrogen-bond donors (Lipinski definition) is 2. The van der Waals surface area contributed by atoms with Crippen LogP contribution in [-0.4, -0.2) is 107 Å². The summed E-state index contributed by atoms with van der Waals surface area (Å²) >= 11 is 8.11. The predicted octanol–water partition coefficient (Wildman–Crippen LogP) is 11.4. The number of hydrogen-bond acceptors (Lipinski definition) is 11. The Hall–Kier alpha value is -6.26. The molecule has 6 amide bonds. The van der Waals surface area contributed by atoms with Gasteiger partial charge in [-0.3, -0.25) is 24.6 Å². The molecule has 17 heteroatoms. The average Bonchev–Trinajstić information content (AvgIpc) is 3.86. The van der Waals surface area contributed by atoms with Crippen LogP contribution in [-0.2, 0) is 20.9 Å². The van der Waals surface area contributed by atoms with Crippen LogP contribution < -0.4 is 20.3 Å². The minimum atomic E-state index is -0.577. The van der Waals surface area contributed by atoms with Crippen molar-refractivity contribution in [1.82, 2.24) is 30.0 Å². The molecule has 1 aliphatic carbocycles. The summed E-state index contributed by atoms with van der Waals surface area (Å²) in [5.74, 6) is 2.64. The number of amides is 6. The van der Waals surface area contributed by atoms with Crippen molar-refractivity contribution in [2.75, 3.05) is 57.6 Å². The molecule has 8 rings (SSSR count). The number of imide groups is 1. The molecule has 2 N–H and O–H groups in total. The number of nitrogens with zero attached hydrogens (tertiary/aromatic N) is 6. The van der Waals surface area contributed by atoms with Gasteiger partial charge in [0.2, 0.25) is 11.8 Å². The number of rotatable bonds is 15. The maximum Gasteiger partial charge on any atom is 0.410 e. The number of aryl methyl sites for hydroxylation is 1. The number of halogens is 1. The molecule has 2 aromatic heterocycles. The van der Waals surface area contributed by atoms with Gasteiger partial charge >= 0.3 is 12.1 Å². The Labute approximate surface area is 438 Å². The summed E-state index contributed by atoms with van der Waals surface area (Å²) in [7, 11) is 5.39. The molecule has 388 valence electrons. The number of fused-ring (bicyclic) bond motifs is 1. The summed E-state index contributed by atoms with van der Waals surface area (Å²) in [5, 5.41) is 9.46. The fourth-order valence-electron chi connectivity index (χ4n) is 10.4. The van der Waals surface area contributed by atoms with E-state index in [1.54, 1.807) is 48.6 Å². The number of ether oxygens (including phenoxy) is 2. The van der Waals surface area contributed by atoms with E-state index in [1.165, 1.54) is 4.90 Å². The molecular weight excluding hydrogens is 964 g/mol. The molecule has 5 aromatic rings. The summed E-state index contributed by atoms with van der Waals surface area (Å²) in [4.78, 5) is 82.0. The zero-order valence-corrected chi connectivity index (χ0v) is 45.0. The topological polar surface area (TPSA) is 167 Å². The first-order valence-electron chi connectivity index (χ1n) is 25.5. The Morgan fingerprint density at radius 1 is 0.945 bits per heavy atom. The molecule has 0 radical (unpaired) electrons. The monoisotopic (exact) mass is 1030 g/mol. The molecule has 1 atom stereocenters. The van der Waals surface area contributed by atoms with Gasteiger partial charge in [0.15, 0.2) is 0 Å². The van der Waals surface area contributed by atoms with E-state index in [4.69, 9.17) is 31.0 Å². The van der Waals surface area contributed by atoms with Crippen LogP contribution in [0.3, 0.4) is 0 Å². The highest BCUT2D eigenvalue weighted by Crippen LogP contribution is 2.43. The summed E-state index contributed by atoms with van der Waals surface area (Å²) in [6, 6.07) is 18.9. The van der Waals surface area contributed by atoms with E-state index in [2.05, 4.69) is 47.2 Å². The van der Waals surface area contributed by atoms with Crippen LogP contribution >= 0.6 is 22.9 Å². The van der Waals surface area contributed by atoms with Gasteiger partial charge in [0.05, 0.1) is 29.4 Å². The molecule has 0 bridgehead atoms. The van der Waals surface area contributed by atoms with Gasteiger partial charge in [0.1, 0.15) is 23.0 Å². The Kier molecular flexibility index (Phi) is 16.6. The molecule has 15 nitrogen and oxygen atoms in total. The molecule has 2 aliphatic heterocycles. The number of benzene rings is 3. The number of aromatic nitrogens is 2. The van der Waals surface area contributed by atoms with E-state index in [0.29, 0.717) is 54.2 Å². The second kappa shape index (κ2) is 22.9. The van der Waals surface area contributed by atoms with E-state index >= 15 is 0 Å². The SMILES string of the molecule is COc1cc2nc(C)nc(N[C@H](C)c3cc(-c4ccccc4CN(C)C(=O)OC(C)(C)C)cs3)c2cc1C1CCC(C(=O)N(C)CCCC2CCN(C(=O)c3ccc(Cl)c(N4CCC(=O)NC4=O)c3)CC2)CC1. The molecular formula is C56H69ClN8O7S. The number of nitrogens with one attached hydrogen (secondary N) is 2. The van der Waals surface area contributed by atoms with Crippen LogP contribution in [0.5, 0.6) is 5.75 Å². The van der Waals surface area contributed by atoms with Crippen molar-refractivity contribution in [3.8, 4) is 16.9 Å². The maximum absolute atomic E-state index is 13.8. The summed E-state index contributed by atoms with van der Waals surface area (Å²) < 4.78 is 11.6. The van der Waals surface area contributed by atoms with Crippen LogP contribution in [0.25, 0.3) is 22.0 Å². The van der Waals surface area contributed by atoms with E-state index < -0.39 is 11.6 Å². The zero-order valence-electron chi connectivity index (χ0n) is 43.4. The number of methoxy groups -OCH3 is 1. The summed E-state index contributed by atoms with van der Waals surface area (Å²) in [6.07, 6.45) is 6.80. The minimum Gasteiger partial charge on any atom is -0.496 e. The number of thiophene rings is 1. The van der Waals surface area contributed by atoms with Crippen LogP contribution in [0.2, 0.25) is 5.02 Å². The predicted molar refractivity (Wildman–Crippen MR) is 287 cm³/mol. The number of piperidine rings is 1. The Morgan fingerprint density at radius 2 is 1.68 bits per heavy atom. The lowest BCUT2D eigenvalue weighted by Crippen LogP contribution is -2.49. The van der Waals surface area contributed by atoms with E-state index in [9.17, 15) is 24.0 Å². The first-order chi connectivity index (χ1) is 34.8. The third kappa shape index (κ3) is 12.7. The van der Waals surface area contributed by atoms with E-state index in [0.717, 1.165) is 101 Å². The van der Waals surface area contributed by atoms with Gasteiger partial charge in [-0.2, -0.15) is 0 Å². The van der Waals surface area contributed by atoms with E-state index in [1.807, 2.05) is 62.7 Å². The minimum absolute atomic E-state index is 0.0280. The number of anilines is 2. The quantitative estimate of drug-likeness (QED) is 0.103. The molecule has 73 heavy (non-hydrogen) atoms. The van der Waals surface area contributed by atoms with Crippen molar-refractivity contribution in [3.05, 3.63) is 98.5 Å². The molecule has 2 saturated heterocycles. The van der Waals surface area contributed by atoms with E-state index in [-0.39, 0.29) is 54.7 Å². The van der Waals surface area contributed by atoms with Crippen molar-refractivity contribution in [2.24, 2.45) is 11.8 Å². The molecule has 3 aromatic carbocycles. The molecule has 3 fully saturated rings. The van der Waals surface area contributed by atoms with Gasteiger partial charge in [-0.15, -0.1) is 11.3 Å². The van der Waals surface area contributed by atoms with Crippen LogP contribution in [0, 0.1) is 18.8 Å². The van der Waals surface area contributed by atoms with Crippen LogP contribution in [0.15, 0.2) is 66.0 Å². The normalized spacial score (nSPS) is 18.0. The van der Waals surface area contributed by atoms with Crippen molar-refractivity contribution in [3.63, 3.8) is 0 Å². The molecule has 4 heterocycles.